The summed E-state index contributed by atoms with van der Waals surface area (Å²) < 4.78 is 57.1. The summed E-state index contributed by atoms with van der Waals surface area (Å²) in [5.74, 6) is -4.84. The van der Waals surface area contributed by atoms with Crippen molar-refractivity contribution < 1.29 is 27.5 Å². The third kappa shape index (κ3) is 6.21. The Hall–Kier alpha value is -3.02. The van der Waals surface area contributed by atoms with Gasteiger partial charge in [0.05, 0.1) is 29.5 Å². The number of carbonyl (C=O) groups excluding carboxylic acids is 1. The monoisotopic (exact) mass is 522 g/mol. The van der Waals surface area contributed by atoms with E-state index >= 15 is 0 Å². The van der Waals surface area contributed by atoms with Gasteiger partial charge < -0.3 is 16.2 Å². The fourth-order valence-electron chi connectivity index (χ4n) is 4.27. The fraction of sp³-hybridized carbons (Fsp3) is 0.360. The van der Waals surface area contributed by atoms with Crippen molar-refractivity contribution in [1.29, 1.82) is 0 Å². The fourth-order valence-corrected chi connectivity index (χ4v) is 5.39. The zero-order valence-corrected chi connectivity index (χ0v) is 20.3. The predicted octanol–water partition coefficient (Wildman–Crippen LogP) is 5.09. The Bertz CT molecular complexity index is 1240. The molecule has 1 aliphatic heterocycles. The quantitative estimate of drug-likeness (QED) is 0.359. The Labute approximate surface area is 209 Å². The first-order valence-electron chi connectivity index (χ1n) is 11.4. The van der Waals surface area contributed by atoms with E-state index in [2.05, 4.69) is 10.3 Å². The number of nitrogens with one attached hydrogen (secondary N) is 1. The van der Waals surface area contributed by atoms with Crippen molar-refractivity contribution in [1.82, 2.24) is 9.88 Å². The largest absolute Gasteiger partial charge is 0.393 e. The van der Waals surface area contributed by atoms with Gasteiger partial charge in [-0.05, 0) is 62.2 Å². The molecule has 1 unspecified atom stereocenters. The number of carbonyl (C=O) groups is 1. The molecule has 0 bridgehead atoms. The summed E-state index contributed by atoms with van der Waals surface area (Å²) in [5, 5.41) is 12.7. The molecule has 4 rings (SSSR count). The van der Waals surface area contributed by atoms with Crippen LogP contribution in [0.15, 0.2) is 36.4 Å². The minimum absolute atomic E-state index is 0.0322. The summed E-state index contributed by atoms with van der Waals surface area (Å²) >= 11 is 0.934. The number of anilines is 2. The standard InChI is InChI=1S/C25H26F4N4O2S/c1-14(34)8-15-9-18(26)22(19(27)10-15)20-11-17(23(30)35)24(36-20)32-21-5-2-4-16(31-21)12-33-7-3-6-25(28,29)13-33/h2,4-5,9-11,14,34H,3,6-8,12-13H2,1H3,(H2,30,35)(H,31,32). The van der Waals surface area contributed by atoms with Crippen LogP contribution in [0.4, 0.5) is 28.4 Å². The number of rotatable bonds is 8. The first kappa shape index (κ1) is 26.1. The van der Waals surface area contributed by atoms with Gasteiger partial charge in [-0.3, -0.25) is 9.69 Å². The van der Waals surface area contributed by atoms with E-state index in [9.17, 15) is 27.5 Å². The molecule has 192 valence electrons. The molecule has 11 heteroatoms. The van der Waals surface area contributed by atoms with Crippen LogP contribution < -0.4 is 11.1 Å². The lowest BCUT2D eigenvalue weighted by atomic mass is 10.0. The second kappa shape index (κ2) is 10.5. The number of nitrogens with zero attached hydrogens (tertiary/aromatic N) is 2. The summed E-state index contributed by atoms with van der Waals surface area (Å²) in [6, 6.07) is 8.65. The van der Waals surface area contributed by atoms with Crippen LogP contribution in [0, 0.1) is 11.6 Å². The molecule has 1 fully saturated rings. The van der Waals surface area contributed by atoms with E-state index in [1.54, 1.807) is 23.1 Å². The molecule has 6 nitrogen and oxygen atoms in total. The van der Waals surface area contributed by atoms with Crippen molar-refractivity contribution in [2.45, 2.75) is 44.8 Å². The third-order valence-electron chi connectivity index (χ3n) is 5.78. The van der Waals surface area contributed by atoms with Crippen molar-refractivity contribution >= 4 is 28.1 Å². The van der Waals surface area contributed by atoms with Gasteiger partial charge in [-0.15, -0.1) is 11.3 Å². The highest BCUT2D eigenvalue weighted by molar-refractivity contribution is 7.20. The molecule has 1 aliphatic rings. The molecule has 1 atom stereocenters. The Morgan fingerprint density at radius 2 is 2.00 bits per heavy atom. The summed E-state index contributed by atoms with van der Waals surface area (Å²) in [6.45, 7) is 1.96. The average molecular weight is 523 g/mol. The minimum atomic E-state index is -2.73. The number of primary amides is 1. The van der Waals surface area contributed by atoms with Gasteiger partial charge in [0.25, 0.3) is 11.8 Å². The number of thiophene rings is 1. The number of aliphatic hydroxyl groups is 1. The van der Waals surface area contributed by atoms with Crippen molar-refractivity contribution in [3.05, 3.63) is 64.9 Å². The van der Waals surface area contributed by atoms with Crippen LogP contribution in [0.1, 0.15) is 41.4 Å². The maximum Gasteiger partial charge on any atom is 0.260 e. The summed E-state index contributed by atoms with van der Waals surface area (Å²) in [4.78, 5) is 18.3. The maximum atomic E-state index is 14.8. The molecule has 3 aromatic rings. The Morgan fingerprint density at radius 3 is 2.64 bits per heavy atom. The molecule has 1 amide bonds. The van der Waals surface area contributed by atoms with Gasteiger partial charge in [0.2, 0.25) is 0 Å². The normalized spacial score (nSPS) is 16.6. The lowest BCUT2D eigenvalue weighted by Gasteiger charge is -2.32. The van der Waals surface area contributed by atoms with Crippen LogP contribution in [0.5, 0.6) is 0 Å². The smallest absolute Gasteiger partial charge is 0.260 e. The number of pyridine rings is 1. The van der Waals surface area contributed by atoms with Crippen molar-refractivity contribution in [2.24, 2.45) is 5.73 Å². The number of halogens is 4. The third-order valence-corrected chi connectivity index (χ3v) is 6.85. The molecule has 4 N–H and O–H groups in total. The molecule has 2 aromatic heterocycles. The number of piperidine rings is 1. The summed E-state index contributed by atoms with van der Waals surface area (Å²) in [6.07, 6.45) is -0.393. The molecule has 0 radical (unpaired) electrons. The number of likely N-dealkylation sites (tertiary alicyclic amines) is 1. The zero-order chi connectivity index (χ0) is 26.0. The number of aliphatic hydroxyl groups excluding tert-OH is 1. The van der Waals surface area contributed by atoms with Gasteiger partial charge >= 0.3 is 0 Å². The average Bonchev–Trinajstić information content (AvgIpc) is 3.15. The van der Waals surface area contributed by atoms with Crippen molar-refractivity contribution in [2.75, 3.05) is 18.4 Å². The first-order chi connectivity index (χ1) is 17.0. The molecule has 1 aromatic carbocycles. The second-order valence-electron chi connectivity index (χ2n) is 9.01. The van der Waals surface area contributed by atoms with Crippen LogP contribution in [0.3, 0.4) is 0 Å². The zero-order valence-electron chi connectivity index (χ0n) is 19.5. The number of amides is 1. The molecule has 3 heterocycles. The highest BCUT2D eigenvalue weighted by Gasteiger charge is 2.35. The molecule has 36 heavy (non-hydrogen) atoms. The highest BCUT2D eigenvalue weighted by Crippen LogP contribution is 2.39. The second-order valence-corrected chi connectivity index (χ2v) is 10.1. The Balaban J connectivity index is 1.59. The van der Waals surface area contributed by atoms with Gasteiger partial charge in [-0.25, -0.2) is 22.5 Å². The summed E-state index contributed by atoms with van der Waals surface area (Å²) in [7, 11) is 0. The van der Waals surface area contributed by atoms with E-state index in [1.807, 2.05) is 0 Å². The minimum Gasteiger partial charge on any atom is -0.393 e. The van der Waals surface area contributed by atoms with E-state index in [0.29, 0.717) is 30.0 Å². The van der Waals surface area contributed by atoms with Crippen LogP contribution in [0.25, 0.3) is 10.4 Å². The molecule has 0 aliphatic carbocycles. The van der Waals surface area contributed by atoms with Crippen molar-refractivity contribution in [3.8, 4) is 10.4 Å². The molecular formula is C25H26F4N4O2S. The summed E-state index contributed by atoms with van der Waals surface area (Å²) in [5.41, 5.74) is 6.10. The Morgan fingerprint density at radius 1 is 1.28 bits per heavy atom. The number of aromatic nitrogens is 1. The van der Waals surface area contributed by atoms with Crippen molar-refractivity contribution in [3.63, 3.8) is 0 Å². The van der Waals surface area contributed by atoms with Crippen LogP contribution in [0.2, 0.25) is 0 Å². The van der Waals surface area contributed by atoms with E-state index in [0.717, 1.165) is 23.5 Å². The molecule has 1 saturated heterocycles. The van der Waals surface area contributed by atoms with Crippen LogP contribution in [-0.4, -0.2) is 46.0 Å². The molecule has 0 spiro atoms. The van der Waals surface area contributed by atoms with Crippen LogP contribution in [-0.2, 0) is 13.0 Å². The number of alkyl halides is 2. The molecular weight excluding hydrogens is 496 g/mol. The number of nitrogens with two attached hydrogens (primary N) is 1. The number of benzene rings is 1. The molecule has 0 saturated carbocycles. The highest BCUT2D eigenvalue weighted by atomic mass is 32.1. The lowest BCUT2D eigenvalue weighted by molar-refractivity contribution is -0.0663. The van der Waals surface area contributed by atoms with E-state index in [-0.39, 0.29) is 46.9 Å². The van der Waals surface area contributed by atoms with Gasteiger partial charge in [0, 0.05) is 17.8 Å². The topological polar surface area (TPSA) is 91.5 Å². The SMILES string of the molecule is CC(O)Cc1cc(F)c(-c2cc(C(N)=O)c(Nc3cccc(CN4CCCC(F)(F)C4)n3)s2)c(F)c1. The van der Waals surface area contributed by atoms with Gasteiger partial charge in [0.15, 0.2) is 0 Å². The van der Waals surface area contributed by atoms with E-state index < -0.39 is 29.6 Å². The van der Waals surface area contributed by atoms with Gasteiger partial charge in [-0.1, -0.05) is 6.07 Å². The first-order valence-corrected chi connectivity index (χ1v) is 12.3. The Kier molecular flexibility index (Phi) is 7.62. The van der Waals surface area contributed by atoms with E-state index in [4.69, 9.17) is 5.73 Å². The van der Waals surface area contributed by atoms with Crippen LogP contribution >= 0.6 is 11.3 Å². The van der Waals surface area contributed by atoms with E-state index in [1.165, 1.54) is 13.0 Å². The predicted molar refractivity (Wildman–Crippen MR) is 131 cm³/mol. The van der Waals surface area contributed by atoms with Gasteiger partial charge in [0.1, 0.15) is 22.5 Å². The number of hydrogen-bond donors (Lipinski definition) is 3. The van der Waals surface area contributed by atoms with Gasteiger partial charge in [-0.2, -0.15) is 0 Å². The lowest BCUT2D eigenvalue weighted by Crippen LogP contribution is -2.42. The number of hydrogen-bond acceptors (Lipinski definition) is 6. The maximum absolute atomic E-state index is 14.8.